The molecule has 118 valence electrons. The van der Waals surface area contributed by atoms with Gasteiger partial charge in [0.25, 0.3) is 0 Å². The molecule has 7 heteroatoms. The Bertz CT molecular complexity index is 848. The number of thioether (sulfide) groups is 1. The first-order chi connectivity index (χ1) is 11.0. The Labute approximate surface area is 148 Å². The second-order valence-corrected chi connectivity index (χ2v) is 6.96. The van der Waals surface area contributed by atoms with Crippen molar-refractivity contribution in [3.05, 3.63) is 63.1 Å². The summed E-state index contributed by atoms with van der Waals surface area (Å²) in [4.78, 5) is 0. The van der Waals surface area contributed by atoms with E-state index in [9.17, 15) is 0 Å². The van der Waals surface area contributed by atoms with Crippen LogP contribution in [0.1, 0.15) is 16.7 Å². The number of hydrogen-bond acceptors (Lipinski definition) is 4. The van der Waals surface area contributed by atoms with Crippen LogP contribution in [0.2, 0.25) is 10.0 Å². The van der Waals surface area contributed by atoms with Crippen molar-refractivity contribution in [1.82, 2.24) is 20.2 Å². The fourth-order valence-corrected chi connectivity index (χ4v) is 3.39. The number of aromatic nitrogens is 4. The highest BCUT2D eigenvalue weighted by molar-refractivity contribution is 7.98. The van der Waals surface area contributed by atoms with Crippen molar-refractivity contribution in [2.45, 2.75) is 24.8 Å². The summed E-state index contributed by atoms with van der Waals surface area (Å²) in [7, 11) is 0. The molecule has 0 radical (unpaired) electrons. The molecule has 0 unspecified atom stereocenters. The van der Waals surface area contributed by atoms with Crippen LogP contribution in [0.25, 0.3) is 5.69 Å². The Morgan fingerprint density at radius 1 is 1.04 bits per heavy atom. The number of halogens is 2. The van der Waals surface area contributed by atoms with Crippen LogP contribution in [0.3, 0.4) is 0 Å². The summed E-state index contributed by atoms with van der Waals surface area (Å²) in [5, 5.41) is 13.9. The molecule has 4 nitrogen and oxygen atoms in total. The molecule has 0 aliphatic carbocycles. The summed E-state index contributed by atoms with van der Waals surface area (Å²) in [6.07, 6.45) is 0. The fourth-order valence-electron chi connectivity index (χ4n) is 2.24. The lowest BCUT2D eigenvalue weighted by Gasteiger charge is -2.08. The minimum atomic E-state index is 0.554. The van der Waals surface area contributed by atoms with Gasteiger partial charge in [-0.3, -0.25) is 0 Å². The molecule has 0 amide bonds. The van der Waals surface area contributed by atoms with Crippen LogP contribution < -0.4 is 0 Å². The molecule has 0 aliphatic heterocycles. The van der Waals surface area contributed by atoms with E-state index in [1.54, 1.807) is 22.5 Å². The predicted molar refractivity (Wildman–Crippen MR) is 94.7 cm³/mol. The fraction of sp³-hybridized carbons (Fsp3) is 0.188. The Balaban J connectivity index is 1.82. The lowest BCUT2D eigenvalue weighted by molar-refractivity contribution is 0.751. The van der Waals surface area contributed by atoms with Gasteiger partial charge in [-0.25, -0.2) is 0 Å². The summed E-state index contributed by atoms with van der Waals surface area (Å²) in [6, 6.07) is 11.8. The van der Waals surface area contributed by atoms with Gasteiger partial charge >= 0.3 is 0 Å². The average molecular weight is 365 g/mol. The number of rotatable bonds is 4. The van der Waals surface area contributed by atoms with Gasteiger partial charge in [0.2, 0.25) is 5.16 Å². The van der Waals surface area contributed by atoms with Crippen molar-refractivity contribution in [2.75, 3.05) is 0 Å². The third kappa shape index (κ3) is 3.68. The van der Waals surface area contributed by atoms with Crippen molar-refractivity contribution >= 4 is 35.0 Å². The summed E-state index contributed by atoms with van der Waals surface area (Å²) >= 11 is 13.5. The number of hydrogen-bond donors (Lipinski definition) is 0. The van der Waals surface area contributed by atoms with Crippen LogP contribution >= 0.6 is 35.0 Å². The van der Waals surface area contributed by atoms with Crippen LogP contribution in [0.4, 0.5) is 0 Å². The molecule has 0 saturated carbocycles. The number of tetrazole rings is 1. The van der Waals surface area contributed by atoms with Crippen molar-refractivity contribution in [3.63, 3.8) is 0 Å². The Morgan fingerprint density at radius 2 is 1.87 bits per heavy atom. The molecule has 3 aromatic rings. The maximum Gasteiger partial charge on any atom is 0.214 e. The predicted octanol–water partition coefficient (Wildman–Crippen LogP) is 4.88. The highest BCUT2D eigenvalue weighted by Gasteiger charge is 2.11. The Morgan fingerprint density at radius 3 is 2.61 bits per heavy atom. The van der Waals surface area contributed by atoms with E-state index in [1.165, 1.54) is 5.56 Å². The quantitative estimate of drug-likeness (QED) is 0.618. The van der Waals surface area contributed by atoms with Gasteiger partial charge in [0.1, 0.15) is 0 Å². The smallest absolute Gasteiger partial charge is 0.187 e. The van der Waals surface area contributed by atoms with Gasteiger partial charge in [0.05, 0.1) is 15.7 Å². The van der Waals surface area contributed by atoms with E-state index >= 15 is 0 Å². The first-order valence-corrected chi connectivity index (χ1v) is 8.71. The van der Waals surface area contributed by atoms with E-state index in [2.05, 4.69) is 41.5 Å². The van der Waals surface area contributed by atoms with E-state index in [1.807, 2.05) is 18.2 Å². The normalized spacial score (nSPS) is 11.0. The zero-order chi connectivity index (χ0) is 16.4. The molecule has 0 fully saturated rings. The molecule has 0 aliphatic rings. The molecule has 1 heterocycles. The number of nitrogens with zero attached hydrogens (tertiary/aromatic N) is 4. The third-order valence-corrected chi connectivity index (χ3v) is 5.10. The largest absolute Gasteiger partial charge is 0.214 e. The van der Waals surface area contributed by atoms with E-state index in [4.69, 9.17) is 23.2 Å². The third-order valence-electron chi connectivity index (χ3n) is 3.37. The highest BCUT2D eigenvalue weighted by atomic mass is 35.5. The van der Waals surface area contributed by atoms with Gasteiger partial charge in [-0.05, 0) is 53.6 Å². The lowest BCUT2D eigenvalue weighted by Crippen LogP contribution is -2.01. The van der Waals surface area contributed by atoms with E-state index in [-0.39, 0.29) is 0 Å². The second kappa shape index (κ2) is 6.91. The van der Waals surface area contributed by atoms with Crippen LogP contribution in [-0.2, 0) is 5.75 Å². The van der Waals surface area contributed by atoms with Crippen LogP contribution in [0.15, 0.2) is 41.6 Å². The molecule has 2 aromatic carbocycles. The minimum Gasteiger partial charge on any atom is -0.187 e. The van der Waals surface area contributed by atoms with E-state index in [0.717, 1.165) is 22.0 Å². The second-order valence-electron chi connectivity index (χ2n) is 5.20. The topological polar surface area (TPSA) is 43.6 Å². The average Bonchev–Trinajstić information content (AvgIpc) is 2.97. The maximum absolute atomic E-state index is 6.05. The first kappa shape index (κ1) is 16.3. The summed E-state index contributed by atoms with van der Waals surface area (Å²) in [6.45, 7) is 4.12. The SMILES string of the molecule is Cc1ccc(-n2nnnc2SCc2ccc(Cl)c(Cl)c2)c(C)c1. The van der Waals surface area contributed by atoms with Crippen molar-refractivity contribution < 1.29 is 0 Å². The Kier molecular flexibility index (Phi) is 4.90. The molecule has 0 spiro atoms. The van der Waals surface area contributed by atoms with Gasteiger partial charge < -0.3 is 0 Å². The zero-order valence-corrected chi connectivity index (χ0v) is 15.0. The molecule has 0 saturated heterocycles. The number of benzene rings is 2. The van der Waals surface area contributed by atoms with Crippen molar-refractivity contribution in [2.24, 2.45) is 0 Å². The highest BCUT2D eigenvalue weighted by Crippen LogP contribution is 2.28. The van der Waals surface area contributed by atoms with E-state index in [0.29, 0.717) is 15.8 Å². The molecule has 0 N–H and O–H groups in total. The number of aryl methyl sites for hydroxylation is 2. The molecular weight excluding hydrogens is 351 g/mol. The van der Waals surface area contributed by atoms with Crippen LogP contribution in [-0.4, -0.2) is 20.2 Å². The Hall–Kier alpha value is -1.56. The molecular formula is C16H14Cl2N4S. The van der Waals surface area contributed by atoms with Crippen LogP contribution in [0.5, 0.6) is 0 Å². The zero-order valence-electron chi connectivity index (χ0n) is 12.6. The lowest BCUT2D eigenvalue weighted by atomic mass is 10.1. The molecule has 1 aromatic heterocycles. The van der Waals surface area contributed by atoms with Gasteiger partial charge in [-0.2, -0.15) is 4.68 Å². The first-order valence-electron chi connectivity index (χ1n) is 6.97. The van der Waals surface area contributed by atoms with Crippen LogP contribution in [0, 0.1) is 13.8 Å². The summed E-state index contributed by atoms with van der Waals surface area (Å²) in [5.41, 5.74) is 4.40. The van der Waals surface area contributed by atoms with Gasteiger partial charge in [0, 0.05) is 5.75 Å². The molecule has 23 heavy (non-hydrogen) atoms. The van der Waals surface area contributed by atoms with Crippen molar-refractivity contribution in [1.29, 1.82) is 0 Å². The summed E-state index contributed by atoms with van der Waals surface area (Å²) < 4.78 is 1.76. The monoisotopic (exact) mass is 364 g/mol. The van der Waals surface area contributed by atoms with Gasteiger partial charge in [-0.15, -0.1) is 5.10 Å². The standard InChI is InChI=1S/C16H14Cl2N4S/c1-10-3-6-15(11(2)7-10)22-16(19-20-21-22)23-9-12-4-5-13(17)14(18)8-12/h3-8H,9H2,1-2H3. The van der Waals surface area contributed by atoms with E-state index < -0.39 is 0 Å². The molecule has 3 rings (SSSR count). The maximum atomic E-state index is 6.05. The van der Waals surface area contributed by atoms with Gasteiger partial charge in [0.15, 0.2) is 0 Å². The van der Waals surface area contributed by atoms with Gasteiger partial charge in [-0.1, -0.05) is 58.7 Å². The minimum absolute atomic E-state index is 0.554. The molecule has 0 bridgehead atoms. The summed E-state index contributed by atoms with van der Waals surface area (Å²) in [5.74, 6) is 0.710. The molecule has 0 atom stereocenters. The van der Waals surface area contributed by atoms with Crippen molar-refractivity contribution in [3.8, 4) is 5.69 Å².